The first-order chi connectivity index (χ1) is 8.38. The SMILES string of the molecule is N#Cc1ccc(NCCN2CCCCC2)cc1. The highest BCUT2D eigenvalue weighted by molar-refractivity contribution is 5.47. The fourth-order valence-corrected chi connectivity index (χ4v) is 2.20. The van der Waals surface area contributed by atoms with Crippen molar-refractivity contribution in [3.63, 3.8) is 0 Å². The standard InChI is InChI=1S/C14H19N3/c15-12-13-4-6-14(7-5-13)16-8-11-17-9-2-1-3-10-17/h4-7,16H,1-3,8-11H2. The summed E-state index contributed by atoms with van der Waals surface area (Å²) >= 11 is 0. The van der Waals surface area contributed by atoms with Crippen LogP contribution in [0.4, 0.5) is 5.69 Å². The summed E-state index contributed by atoms with van der Waals surface area (Å²) in [7, 11) is 0. The first kappa shape index (κ1) is 11.9. The second kappa shape index (κ2) is 6.27. The van der Waals surface area contributed by atoms with E-state index < -0.39 is 0 Å². The third-order valence-corrected chi connectivity index (χ3v) is 3.22. The Hall–Kier alpha value is -1.53. The number of likely N-dealkylation sites (tertiary alicyclic amines) is 1. The van der Waals surface area contributed by atoms with E-state index in [9.17, 15) is 0 Å². The van der Waals surface area contributed by atoms with Crippen molar-refractivity contribution < 1.29 is 0 Å². The van der Waals surface area contributed by atoms with Crippen molar-refractivity contribution in [1.82, 2.24) is 4.90 Å². The van der Waals surface area contributed by atoms with Gasteiger partial charge >= 0.3 is 0 Å². The van der Waals surface area contributed by atoms with Gasteiger partial charge in [-0.1, -0.05) is 6.42 Å². The van der Waals surface area contributed by atoms with Gasteiger partial charge in [-0.2, -0.15) is 5.26 Å². The molecule has 3 heteroatoms. The lowest BCUT2D eigenvalue weighted by atomic mass is 10.1. The van der Waals surface area contributed by atoms with Crippen LogP contribution in [-0.4, -0.2) is 31.1 Å². The monoisotopic (exact) mass is 229 g/mol. The predicted molar refractivity (Wildman–Crippen MR) is 69.9 cm³/mol. The summed E-state index contributed by atoms with van der Waals surface area (Å²) in [5.74, 6) is 0. The molecule has 0 radical (unpaired) electrons. The second-order valence-corrected chi connectivity index (χ2v) is 4.52. The Kier molecular flexibility index (Phi) is 4.40. The summed E-state index contributed by atoms with van der Waals surface area (Å²) in [5, 5.41) is 12.1. The van der Waals surface area contributed by atoms with Crippen molar-refractivity contribution in [2.24, 2.45) is 0 Å². The smallest absolute Gasteiger partial charge is 0.0991 e. The Bertz CT molecular complexity index is 371. The molecule has 0 saturated carbocycles. The molecule has 2 rings (SSSR count). The van der Waals surface area contributed by atoms with E-state index in [1.165, 1.54) is 32.4 Å². The number of nitrogens with one attached hydrogen (secondary N) is 1. The third kappa shape index (κ3) is 3.76. The van der Waals surface area contributed by atoms with Gasteiger partial charge in [0.05, 0.1) is 11.6 Å². The number of anilines is 1. The fourth-order valence-electron chi connectivity index (χ4n) is 2.20. The molecule has 0 amide bonds. The largest absolute Gasteiger partial charge is 0.384 e. The molecule has 1 aromatic rings. The lowest BCUT2D eigenvalue weighted by Gasteiger charge is -2.26. The van der Waals surface area contributed by atoms with Crippen molar-refractivity contribution >= 4 is 5.69 Å². The second-order valence-electron chi connectivity index (χ2n) is 4.52. The fraction of sp³-hybridized carbons (Fsp3) is 0.500. The third-order valence-electron chi connectivity index (χ3n) is 3.22. The van der Waals surface area contributed by atoms with Crippen LogP contribution in [0.5, 0.6) is 0 Å². The zero-order valence-electron chi connectivity index (χ0n) is 10.2. The van der Waals surface area contributed by atoms with Crippen LogP contribution in [0.15, 0.2) is 24.3 Å². The van der Waals surface area contributed by atoms with Crippen molar-refractivity contribution in [2.45, 2.75) is 19.3 Å². The number of rotatable bonds is 4. The van der Waals surface area contributed by atoms with Gasteiger partial charge < -0.3 is 10.2 Å². The number of hydrogen-bond donors (Lipinski definition) is 1. The predicted octanol–water partition coefficient (Wildman–Crippen LogP) is 2.46. The van der Waals surface area contributed by atoms with Crippen LogP contribution in [0.1, 0.15) is 24.8 Å². The van der Waals surface area contributed by atoms with E-state index in [1.807, 2.05) is 24.3 Å². The molecule has 0 atom stereocenters. The quantitative estimate of drug-likeness (QED) is 0.862. The van der Waals surface area contributed by atoms with E-state index >= 15 is 0 Å². The van der Waals surface area contributed by atoms with Crippen LogP contribution >= 0.6 is 0 Å². The number of nitrogens with zero attached hydrogens (tertiary/aromatic N) is 2. The summed E-state index contributed by atoms with van der Waals surface area (Å²) < 4.78 is 0. The maximum Gasteiger partial charge on any atom is 0.0991 e. The zero-order chi connectivity index (χ0) is 11.9. The number of hydrogen-bond acceptors (Lipinski definition) is 3. The van der Waals surface area contributed by atoms with Gasteiger partial charge in [0.25, 0.3) is 0 Å². The van der Waals surface area contributed by atoms with Gasteiger partial charge in [-0.3, -0.25) is 0 Å². The molecule has 0 spiro atoms. The van der Waals surface area contributed by atoms with Crippen LogP contribution in [0.25, 0.3) is 0 Å². The Morgan fingerprint density at radius 3 is 2.47 bits per heavy atom. The summed E-state index contributed by atoms with van der Waals surface area (Å²) in [6.07, 6.45) is 4.08. The molecule has 1 saturated heterocycles. The summed E-state index contributed by atoms with van der Waals surface area (Å²) in [4.78, 5) is 2.51. The molecule has 1 aromatic carbocycles. The molecule has 1 aliphatic rings. The number of benzene rings is 1. The van der Waals surface area contributed by atoms with E-state index in [0.717, 1.165) is 18.8 Å². The summed E-state index contributed by atoms with van der Waals surface area (Å²) in [6, 6.07) is 9.76. The molecule has 1 heterocycles. The number of piperidine rings is 1. The molecular weight excluding hydrogens is 210 g/mol. The highest BCUT2D eigenvalue weighted by Gasteiger charge is 2.08. The van der Waals surface area contributed by atoms with Gasteiger partial charge in [0.2, 0.25) is 0 Å². The summed E-state index contributed by atoms with van der Waals surface area (Å²) in [5.41, 5.74) is 1.81. The van der Waals surface area contributed by atoms with Gasteiger partial charge in [0.1, 0.15) is 0 Å². The normalized spacial score (nSPS) is 16.4. The molecule has 3 nitrogen and oxygen atoms in total. The molecule has 0 aromatic heterocycles. The van der Waals surface area contributed by atoms with Gasteiger partial charge in [0, 0.05) is 18.8 Å². The van der Waals surface area contributed by atoms with Crippen LogP contribution in [0.2, 0.25) is 0 Å². The van der Waals surface area contributed by atoms with Crippen LogP contribution in [0.3, 0.4) is 0 Å². The van der Waals surface area contributed by atoms with E-state index in [0.29, 0.717) is 5.56 Å². The minimum Gasteiger partial charge on any atom is -0.384 e. The maximum atomic E-state index is 8.70. The van der Waals surface area contributed by atoms with Crippen LogP contribution in [-0.2, 0) is 0 Å². The van der Waals surface area contributed by atoms with Crippen LogP contribution < -0.4 is 5.32 Å². The first-order valence-electron chi connectivity index (χ1n) is 6.35. The average molecular weight is 229 g/mol. The Morgan fingerprint density at radius 1 is 1.12 bits per heavy atom. The van der Waals surface area contributed by atoms with Gasteiger partial charge in [-0.15, -0.1) is 0 Å². The van der Waals surface area contributed by atoms with E-state index in [-0.39, 0.29) is 0 Å². The van der Waals surface area contributed by atoms with E-state index in [4.69, 9.17) is 5.26 Å². The molecule has 0 aliphatic carbocycles. The molecule has 0 bridgehead atoms. The lowest BCUT2D eigenvalue weighted by molar-refractivity contribution is 0.237. The minimum atomic E-state index is 0.714. The zero-order valence-corrected chi connectivity index (χ0v) is 10.2. The molecule has 1 fully saturated rings. The Balaban J connectivity index is 1.72. The van der Waals surface area contributed by atoms with Crippen molar-refractivity contribution in [3.05, 3.63) is 29.8 Å². The number of nitriles is 1. The van der Waals surface area contributed by atoms with Crippen molar-refractivity contribution in [3.8, 4) is 6.07 Å². The van der Waals surface area contributed by atoms with Crippen molar-refractivity contribution in [1.29, 1.82) is 5.26 Å². The molecule has 1 N–H and O–H groups in total. The Morgan fingerprint density at radius 2 is 1.82 bits per heavy atom. The molecule has 17 heavy (non-hydrogen) atoms. The topological polar surface area (TPSA) is 39.1 Å². The highest BCUT2D eigenvalue weighted by Crippen LogP contribution is 2.10. The van der Waals surface area contributed by atoms with E-state index in [1.54, 1.807) is 0 Å². The van der Waals surface area contributed by atoms with Gasteiger partial charge in [-0.05, 0) is 50.2 Å². The highest BCUT2D eigenvalue weighted by atomic mass is 15.1. The molecular formula is C14H19N3. The Labute approximate surface area is 103 Å². The van der Waals surface area contributed by atoms with Gasteiger partial charge in [-0.25, -0.2) is 0 Å². The molecule has 90 valence electrons. The van der Waals surface area contributed by atoms with E-state index in [2.05, 4.69) is 16.3 Å². The first-order valence-corrected chi connectivity index (χ1v) is 6.35. The molecule has 0 unspecified atom stereocenters. The lowest BCUT2D eigenvalue weighted by Crippen LogP contribution is -2.33. The van der Waals surface area contributed by atoms with Crippen LogP contribution in [0, 0.1) is 11.3 Å². The van der Waals surface area contributed by atoms with Gasteiger partial charge in [0.15, 0.2) is 0 Å². The minimum absolute atomic E-state index is 0.714. The summed E-state index contributed by atoms with van der Waals surface area (Å²) in [6.45, 7) is 4.58. The maximum absolute atomic E-state index is 8.70. The van der Waals surface area contributed by atoms with Crippen molar-refractivity contribution in [2.75, 3.05) is 31.5 Å². The molecule has 1 aliphatic heterocycles. The average Bonchev–Trinajstić information content (AvgIpc) is 2.41.